The minimum Gasteiger partial charge on any atom is -0.384 e. The van der Waals surface area contributed by atoms with Gasteiger partial charge in [-0.2, -0.15) is 0 Å². The van der Waals surface area contributed by atoms with Gasteiger partial charge >= 0.3 is 0 Å². The van der Waals surface area contributed by atoms with Gasteiger partial charge in [-0.05, 0) is 12.5 Å². The monoisotopic (exact) mass is 228 g/mol. The van der Waals surface area contributed by atoms with Crippen molar-refractivity contribution in [1.82, 2.24) is 9.97 Å². The largest absolute Gasteiger partial charge is 0.384 e. The lowest BCUT2D eigenvalue weighted by atomic mass is 10.1. The lowest BCUT2D eigenvalue weighted by molar-refractivity contribution is 0.181. The fourth-order valence-corrected chi connectivity index (χ4v) is 1.63. The zero-order chi connectivity index (χ0) is 11.3. The third-order valence-electron chi connectivity index (χ3n) is 2.13. The van der Waals surface area contributed by atoms with Crippen molar-refractivity contribution in [3.05, 3.63) is 22.7 Å². The van der Waals surface area contributed by atoms with Gasteiger partial charge < -0.3 is 4.74 Å². The van der Waals surface area contributed by atoms with E-state index in [-0.39, 0.29) is 5.92 Å². The fraction of sp³-hybridized carbons (Fsp3) is 0.636. The van der Waals surface area contributed by atoms with Crippen molar-refractivity contribution >= 4 is 11.6 Å². The zero-order valence-electron chi connectivity index (χ0n) is 9.46. The van der Waals surface area contributed by atoms with Gasteiger partial charge in [0.05, 0.1) is 6.61 Å². The molecule has 0 aliphatic heterocycles. The van der Waals surface area contributed by atoms with E-state index >= 15 is 0 Å². The highest BCUT2D eigenvalue weighted by molar-refractivity contribution is 6.29. The number of hydrogen-bond acceptors (Lipinski definition) is 3. The maximum Gasteiger partial charge on any atom is 0.135 e. The summed E-state index contributed by atoms with van der Waals surface area (Å²) in [6.07, 6.45) is 2.00. The van der Waals surface area contributed by atoms with E-state index < -0.39 is 0 Å². The maximum absolute atomic E-state index is 5.94. The molecule has 0 saturated heterocycles. The molecule has 0 aromatic carbocycles. The van der Waals surface area contributed by atoms with Gasteiger partial charge in [0.15, 0.2) is 0 Å². The van der Waals surface area contributed by atoms with Crippen LogP contribution in [0.5, 0.6) is 0 Å². The second-order valence-electron chi connectivity index (χ2n) is 3.65. The molecule has 0 aliphatic rings. The quantitative estimate of drug-likeness (QED) is 0.727. The van der Waals surface area contributed by atoms with E-state index in [1.165, 1.54) is 0 Å². The Morgan fingerprint density at radius 2 is 2.20 bits per heavy atom. The smallest absolute Gasteiger partial charge is 0.135 e. The summed E-state index contributed by atoms with van der Waals surface area (Å²) in [4.78, 5) is 8.68. The summed E-state index contributed by atoms with van der Waals surface area (Å²) in [5.41, 5.74) is 1.01. The minimum absolute atomic E-state index is 0.185. The van der Waals surface area contributed by atoms with Crippen molar-refractivity contribution in [1.29, 1.82) is 0 Å². The molecule has 0 radical (unpaired) electrons. The maximum atomic E-state index is 5.94. The topological polar surface area (TPSA) is 35.0 Å². The van der Waals surface area contributed by atoms with Gasteiger partial charge in [0.25, 0.3) is 0 Å². The Morgan fingerprint density at radius 1 is 1.47 bits per heavy atom. The van der Waals surface area contributed by atoms with Crippen LogP contribution in [0.25, 0.3) is 0 Å². The van der Waals surface area contributed by atoms with E-state index in [4.69, 9.17) is 16.3 Å². The molecule has 1 rings (SSSR count). The number of rotatable bonds is 5. The van der Waals surface area contributed by atoms with E-state index in [2.05, 4.69) is 16.9 Å². The molecule has 1 aromatic rings. The molecule has 84 valence electrons. The molecule has 0 spiro atoms. The Hall–Kier alpha value is -0.670. The van der Waals surface area contributed by atoms with Gasteiger partial charge in [-0.1, -0.05) is 31.9 Å². The molecule has 1 aromatic heterocycles. The van der Waals surface area contributed by atoms with Crippen LogP contribution in [0.15, 0.2) is 6.07 Å². The molecule has 0 amide bonds. The first-order valence-corrected chi connectivity index (χ1v) is 5.57. The third-order valence-corrected chi connectivity index (χ3v) is 2.32. The van der Waals surface area contributed by atoms with Crippen LogP contribution in [0.1, 0.15) is 37.7 Å². The van der Waals surface area contributed by atoms with Crippen molar-refractivity contribution in [2.75, 3.05) is 13.7 Å². The van der Waals surface area contributed by atoms with Crippen LogP contribution in [-0.2, 0) is 11.2 Å². The predicted octanol–water partition coefficient (Wildman–Crippen LogP) is 2.83. The highest BCUT2D eigenvalue weighted by atomic mass is 35.5. The van der Waals surface area contributed by atoms with E-state index in [9.17, 15) is 0 Å². The van der Waals surface area contributed by atoms with Gasteiger partial charge in [0.2, 0.25) is 0 Å². The van der Waals surface area contributed by atoms with E-state index in [1.807, 2.05) is 13.0 Å². The number of ether oxygens (including phenoxy) is 1. The van der Waals surface area contributed by atoms with Crippen molar-refractivity contribution < 1.29 is 4.74 Å². The van der Waals surface area contributed by atoms with Crippen LogP contribution in [-0.4, -0.2) is 23.7 Å². The number of nitrogens with zero attached hydrogens (tertiary/aromatic N) is 2. The van der Waals surface area contributed by atoms with Crippen LogP contribution >= 0.6 is 11.6 Å². The van der Waals surface area contributed by atoms with E-state index in [0.717, 1.165) is 24.4 Å². The summed E-state index contributed by atoms with van der Waals surface area (Å²) in [5, 5.41) is 0.520. The second-order valence-corrected chi connectivity index (χ2v) is 4.03. The number of aryl methyl sites for hydroxylation is 1. The van der Waals surface area contributed by atoms with Gasteiger partial charge in [-0.25, -0.2) is 9.97 Å². The van der Waals surface area contributed by atoms with Crippen molar-refractivity contribution in [3.63, 3.8) is 0 Å². The van der Waals surface area contributed by atoms with Crippen LogP contribution < -0.4 is 0 Å². The van der Waals surface area contributed by atoms with Crippen molar-refractivity contribution in [2.45, 2.75) is 32.6 Å². The highest BCUT2D eigenvalue weighted by Gasteiger charge is 2.10. The lowest BCUT2D eigenvalue weighted by Crippen LogP contribution is -2.08. The standard InChI is InChI=1S/C11H17ClN2O/c1-4-5-9-6-10(12)14-11(13-9)8(2)7-15-3/h6,8H,4-5,7H2,1-3H3. The first kappa shape index (κ1) is 12.4. The fourth-order valence-electron chi connectivity index (χ4n) is 1.41. The molecular formula is C11H17ClN2O. The molecule has 0 saturated carbocycles. The predicted molar refractivity (Wildman–Crippen MR) is 61.3 cm³/mol. The first-order chi connectivity index (χ1) is 7.17. The van der Waals surface area contributed by atoms with Crippen LogP contribution in [0, 0.1) is 0 Å². The average Bonchev–Trinajstić information content (AvgIpc) is 2.17. The van der Waals surface area contributed by atoms with E-state index in [1.54, 1.807) is 7.11 Å². The Balaban J connectivity index is 2.87. The Bertz CT molecular complexity index is 317. The van der Waals surface area contributed by atoms with Crippen LogP contribution in [0.2, 0.25) is 5.15 Å². The molecule has 0 bridgehead atoms. The number of methoxy groups -OCH3 is 1. The molecule has 1 unspecified atom stereocenters. The van der Waals surface area contributed by atoms with Gasteiger partial charge in [0, 0.05) is 18.7 Å². The van der Waals surface area contributed by atoms with Gasteiger partial charge in [-0.3, -0.25) is 0 Å². The molecule has 0 fully saturated rings. The summed E-state index contributed by atoms with van der Waals surface area (Å²) in [6.45, 7) is 4.77. The molecule has 1 heterocycles. The van der Waals surface area contributed by atoms with Gasteiger partial charge in [-0.15, -0.1) is 0 Å². The zero-order valence-corrected chi connectivity index (χ0v) is 10.2. The molecule has 3 nitrogen and oxygen atoms in total. The molecule has 15 heavy (non-hydrogen) atoms. The Labute approximate surface area is 95.8 Å². The second kappa shape index (κ2) is 6.03. The first-order valence-electron chi connectivity index (χ1n) is 5.19. The molecular weight excluding hydrogens is 212 g/mol. The molecule has 4 heteroatoms. The number of hydrogen-bond donors (Lipinski definition) is 0. The molecule has 1 atom stereocenters. The van der Waals surface area contributed by atoms with Crippen molar-refractivity contribution in [3.8, 4) is 0 Å². The SMILES string of the molecule is CCCc1cc(Cl)nc(C(C)COC)n1. The minimum atomic E-state index is 0.185. The normalized spacial score (nSPS) is 12.8. The van der Waals surface area contributed by atoms with E-state index in [0.29, 0.717) is 11.8 Å². The molecule has 0 aliphatic carbocycles. The number of aromatic nitrogens is 2. The summed E-state index contributed by atoms with van der Waals surface area (Å²) < 4.78 is 5.07. The lowest BCUT2D eigenvalue weighted by Gasteiger charge is -2.10. The summed E-state index contributed by atoms with van der Waals surface area (Å²) >= 11 is 5.94. The summed E-state index contributed by atoms with van der Waals surface area (Å²) in [5.74, 6) is 0.956. The third kappa shape index (κ3) is 3.76. The van der Waals surface area contributed by atoms with Crippen LogP contribution in [0.3, 0.4) is 0 Å². The van der Waals surface area contributed by atoms with Crippen LogP contribution in [0.4, 0.5) is 0 Å². The highest BCUT2D eigenvalue weighted by Crippen LogP contribution is 2.15. The average molecular weight is 229 g/mol. The summed E-state index contributed by atoms with van der Waals surface area (Å²) in [6, 6.07) is 1.83. The molecule has 0 N–H and O–H groups in total. The Kier molecular flexibility index (Phi) is 4.99. The number of halogens is 1. The Morgan fingerprint density at radius 3 is 2.80 bits per heavy atom. The summed E-state index contributed by atoms with van der Waals surface area (Å²) in [7, 11) is 1.67. The van der Waals surface area contributed by atoms with Gasteiger partial charge in [0.1, 0.15) is 11.0 Å². The van der Waals surface area contributed by atoms with Crippen molar-refractivity contribution in [2.24, 2.45) is 0 Å².